The van der Waals surface area contributed by atoms with Crippen LogP contribution in [0.25, 0.3) is 0 Å². The molecule has 2 aromatic rings. The van der Waals surface area contributed by atoms with E-state index in [4.69, 9.17) is 11.5 Å². The summed E-state index contributed by atoms with van der Waals surface area (Å²) in [6.45, 7) is 3.14. The van der Waals surface area contributed by atoms with E-state index in [1.54, 1.807) is 18.3 Å². The molecule has 1 saturated heterocycles. The standard InChI is InChI=1S/C18H22N8.2ClH/c19-11-12-2-1-3-22-17(12)26-6-4-25(5-7-26)16-10-15(23-18(21)24-16)13-8-14(20)9-13;;/h1-3,10,13-14H,4-9,20H2,(H2,21,23,24);2*1H. The van der Waals surface area contributed by atoms with Gasteiger partial charge in [0.05, 0.1) is 11.3 Å². The third-order valence-electron chi connectivity index (χ3n) is 5.15. The molecule has 28 heavy (non-hydrogen) atoms. The predicted octanol–water partition coefficient (Wildman–Crippen LogP) is 1.70. The van der Waals surface area contributed by atoms with E-state index < -0.39 is 0 Å². The third kappa shape index (κ3) is 4.38. The molecule has 1 aliphatic heterocycles. The average molecular weight is 423 g/mol. The number of hydrogen-bond acceptors (Lipinski definition) is 8. The lowest BCUT2D eigenvalue weighted by Crippen LogP contribution is -2.47. The number of rotatable bonds is 3. The van der Waals surface area contributed by atoms with Gasteiger partial charge < -0.3 is 21.3 Å². The average Bonchev–Trinajstić information content (AvgIpc) is 2.65. The van der Waals surface area contributed by atoms with E-state index in [1.165, 1.54) is 0 Å². The molecule has 0 radical (unpaired) electrons. The van der Waals surface area contributed by atoms with Gasteiger partial charge in [-0.2, -0.15) is 10.2 Å². The Morgan fingerprint density at radius 2 is 1.75 bits per heavy atom. The Kier molecular flexibility index (Phi) is 7.24. The van der Waals surface area contributed by atoms with Gasteiger partial charge in [-0.15, -0.1) is 24.8 Å². The van der Waals surface area contributed by atoms with Crippen molar-refractivity contribution in [3.8, 4) is 6.07 Å². The van der Waals surface area contributed by atoms with Gasteiger partial charge in [0.15, 0.2) is 0 Å². The van der Waals surface area contributed by atoms with Gasteiger partial charge in [0, 0.05) is 50.4 Å². The van der Waals surface area contributed by atoms with Crippen molar-refractivity contribution in [2.24, 2.45) is 5.73 Å². The molecule has 0 aromatic carbocycles. The van der Waals surface area contributed by atoms with Crippen molar-refractivity contribution in [1.82, 2.24) is 15.0 Å². The second-order valence-electron chi connectivity index (χ2n) is 6.90. The zero-order valence-electron chi connectivity index (χ0n) is 15.4. The quantitative estimate of drug-likeness (QED) is 0.765. The van der Waals surface area contributed by atoms with Crippen molar-refractivity contribution in [1.29, 1.82) is 5.26 Å². The molecule has 3 heterocycles. The van der Waals surface area contributed by atoms with E-state index in [-0.39, 0.29) is 30.9 Å². The summed E-state index contributed by atoms with van der Waals surface area (Å²) in [4.78, 5) is 17.6. The first-order chi connectivity index (χ1) is 12.6. The summed E-state index contributed by atoms with van der Waals surface area (Å²) in [6.07, 6.45) is 3.64. The molecule has 2 aromatic heterocycles. The first-order valence-corrected chi connectivity index (χ1v) is 8.89. The molecule has 0 spiro atoms. The van der Waals surface area contributed by atoms with Gasteiger partial charge in [-0.1, -0.05) is 0 Å². The van der Waals surface area contributed by atoms with Crippen LogP contribution in [0.1, 0.15) is 30.0 Å². The second-order valence-corrected chi connectivity index (χ2v) is 6.90. The van der Waals surface area contributed by atoms with Gasteiger partial charge in [0.2, 0.25) is 5.95 Å². The van der Waals surface area contributed by atoms with Crippen molar-refractivity contribution >= 4 is 42.4 Å². The molecule has 0 unspecified atom stereocenters. The molecule has 10 heteroatoms. The van der Waals surface area contributed by atoms with Crippen LogP contribution in [-0.2, 0) is 0 Å². The maximum atomic E-state index is 9.27. The molecule has 2 aliphatic rings. The van der Waals surface area contributed by atoms with Crippen molar-refractivity contribution in [2.75, 3.05) is 41.7 Å². The first-order valence-electron chi connectivity index (χ1n) is 8.89. The Morgan fingerprint density at radius 3 is 2.39 bits per heavy atom. The van der Waals surface area contributed by atoms with Crippen molar-refractivity contribution in [2.45, 2.75) is 24.8 Å². The van der Waals surface area contributed by atoms with Crippen LogP contribution in [0.3, 0.4) is 0 Å². The monoisotopic (exact) mass is 422 g/mol. The first kappa shape index (κ1) is 22.0. The summed E-state index contributed by atoms with van der Waals surface area (Å²) in [7, 11) is 0. The predicted molar refractivity (Wildman–Crippen MR) is 114 cm³/mol. The highest BCUT2D eigenvalue weighted by Crippen LogP contribution is 2.36. The number of hydrogen-bond donors (Lipinski definition) is 2. The van der Waals surface area contributed by atoms with Crippen molar-refractivity contribution < 1.29 is 0 Å². The minimum Gasteiger partial charge on any atom is -0.368 e. The minimum absolute atomic E-state index is 0. The lowest BCUT2D eigenvalue weighted by atomic mass is 9.78. The van der Waals surface area contributed by atoms with Gasteiger partial charge in [-0.05, 0) is 25.0 Å². The van der Waals surface area contributed by atoms with Gasteiger partial charge in [-0.3, -0.25) is 0 Å². The van der Waals surface area contributed by atoms with E-state index in [1.807, 2.05) is 6.07 Å². The molecule has 1 saturated carbocycles. The lowest BCUT2D eigenvalue weighted by molar-refractivity contribution is 0.345. The smallest absolute Gasteiger partial charge is 0.222 e. The maximum absolute atomic E-state index is 9.27. The summed E-state index contributed by atoms with van der Waals surface area (Å²) in [6, 6.07) is 8.12. The number of piperazine rings is 1. The second kappa shape index (κ2) is 9.24. The molecule has 0 bridgehead atoms. The Morgan fingerprint density at radius 1 is 1.07 bits per heavy atom. The van der Waals surface area contributed by atoms with Crippen LogP contribution in [0.15, 0.2) is 24.4 Å². The van der Waals surface area contributed by atoms with Crippen LogP contribution in [0, 0.1) is 11.3 Å². The largest absolute Gasteiger partial charge is 0.368 e. The number of anilines is 3. The van der Waals surface area contributed by atoms with E-state index >= 15 is 0 Å². The van der Waals surface area contributed by atoms with Crippen LogP contribution < -0.4 is 21.3 Å². The lowest BCUT2D eigenvalue weighted by Gasteiger charge is -2.37. The fourth-order valence-electron chi connectivity index (χ4n) is 3.63. The maximum Gasteiger partial charge on any atom is 0.222 e. The fraction of sp³-hybridized carbons (Fsp3) is 0.444. The number of nitrogen functional groups attached to an aromatic ring is 1. The van der Waals surface area contributed by atoms with Crippen LogP contribution in [0.4, 0.5) is 17.6 Å². The number of pyridine rings is 1. The van der Waals surface area contributed by atoms with Gasteiger partial charge in [0.25, 0.3) is 0 Å². The minimum atomic E-state index is 0. The molecule has 0 atom stereocenters. The number of nitriles is 1. The molecule has 1 aliphatic carbocycles. The molecule has 4 N–H and O–H groups in total. The third-order valence-corrected chi connectivity index (χ3v) is 5.15. The molecule has 4 rings (SSSR count). The van der Waals surface area contributed by atoms with Crippen molar-refractivity contribution in [3.05, 3.63) is 35.7 Å². The number of nitrogens with two attached hydrogens (primary N) is 2. The van der Waals surface area contributed by atoms with Crippen molar-refractivity contribution in [3.63, 3.8) is 0 Å². The van der Waals surface area contributed by atoms with Crippen LogP contribution in [0.2, 0.25) is 0 Å². The highest BCUT2D eigenvalue weighted by atomic mass is 35.5. The van der Waals surface area contributed by atoms with E-state index in [0.717, 1.165) is 56.4 Å². The normalized spacial score (nSPS) is 21.0. The highest BCUT2D eigenvalue weighted by molar-refractivity contribution is 5.85. The fourth-order valence-corrected chi connectivity index (χ4v) is 3.63. The topological polar surface area (TPSA) is 121 Å². The van der Waals surface area contributed by atoms with Gasteiger partial charge in [-0.25, -0.2) is 9.97 Å². The van der Waals surface area contributed by atoms with Crippen LogP contribution in [0.5, 0.6) is 0 Å². The van der Waals surface area contributed by atoms with E-state index in [9.17, 15) is 5.26 Å². The van der Waals surface area contributed by atoms with Gasteiger partial charge in [0.1, 0.15) is 17.7 Å². The summed E-state index contributed by atoms with van der Waals surface area (Å²) in [5.41, 5.74) is 13.4. The molecular weight excluding hydrogens is 399 g/mol. The van der Waals surface area contributed by atoms with Crippen LogP contribution >= 0.6 is 24.8 Å². The number of halogens is 2. The Labute approximate surface area is 176 Å². The summed E-state index contributed by atoms with van der Waals surface area (Å²) < 4.78 is 0. The molecule has 8 nitrogen and oxygen atoms in total. The molecule has 150 valence electrons. The molecule has 2 fully saturated rings. The Hall–Kier alpha value is -2.34. The Balaban J connectivity index is 0.00000140. The van der Waals surface area contributed by atoms with Gasteiger partial charge >= 0.3 is 0 Å². The molecular formula is C18H24Cl2N8. The zero-order valence-corrected chi connectivity index (χ0v) is 17.0. The van der Waals surface area contributed by atoms with E-state index in [2.05, 4.69) is 30.8 Å². The summed E-state index contributed by atoms with van der Waals surface area (Å²) in [5.74, 6) is 2.33. The number of aromatic nitrogens is 3. The SMILES string of the molecule is Cl.Cl.N#Cc1cccnc1N1CCN(c2cc(C3CC(N)C3)nc(N)n2)CC1. The number of nitrogens with zero attached hydrogens (tertiary/aromatic N) is 6. The highest BCUT2D eigenvalue weighted by Gasteiger charge is 2.30. The zero-order chi connectivity index (χ0) is 18.1. The summed E-state index contributed by atoms with van der Waals surface area (Å²) in [5, 5.41) is 9.27. The Bertz CT molecular complexity index is 842. The van der Waals surface area contributed by atoms with Crippen LogP contribution in [-0.4, -0.2) is 47.2 Å². The van der Waals surface area contributed by atoms with E-state index in [0.29, 0.717) is 17.4 Å². The molecule has 0 amide bonds. The summed E-state index contributed by atoms with van der Waals surface area (Å²) >= 11 is 0.